The molecule has 0 spiro atoms. The lowest BCUT2D eigenvalue weighted by Gasteiger charge is -2.00. The minimum Gasteiger partial charge on any atom is -0.258 e. The molecular formula is C15H14N2O2. The highest BCUT2D eigenvalue weighted by molar-refractivity contribution is 5.82. The summed E-state index contributed by atoms with van der Waals surface area (Å²) < 4.78 is 0. The smallest absolute Gasteiger partial charge is 0.258 e. The molecule has 0 atom stereocenters. The van der Waals surface area contributed by atoms with Crippen molar-refractivity contribution in [2.24, 2.45) is 4.99 Å². The Balaban J connectivity index is 2.26. The molecule has 0 heterocycles. The van der Waals surface area contributed by atoms with Crippen LogP contribution in [-0.4, -0.2) is 11.1 Å². The summed E-state index contributed by atoms with van der Waals surface area (Å²) in [5.41, 5.74) is 3.80. The van der Waals surface area contributed by atoms with E-state index in [2.05, 4.69) is 4.99 Å². The average Bonchev–Trinajstić information content (AvgIpc) is 2.37. The van der Waals surface area contributed by atoms with Crippen molar-refractivity contribution < 1.29 is 4.92 Å². The van der Waals surface area contributed by atoms with Crippen LogP contribution in [0.1, 0.15) is 16.7 Å². The molecule has 0 unspecified atom stereocenters. The molecule has 4 heteroatoms. The summed E-state index contributed by atoms with van der Waals surface area (Å²) in [7, 11) is 0. The lowest BCUT2D eigenvalue weighted by atomic mass is 10.1. The van der Waals surface area contributed by atoms with E-state index in [1.54, 1.807) is 12.3 Å². The molecule has 0 radical (unpaired) electrons. The largest absolute Gasteiger partial charge is 0.269 e. The summed E-state index contributed by atoms with van der Waals surface area (Å²) in [6.45, 7) is 3.84. The van der Waals surface area contributed by atoms with E-state index in [0.29, 0.717) is 0 Å². The van der Waals surface area contributed by atoms with E-state index in [9.17, 15) is 10.1 Å². The maximum absolute atomic E-state index is 10.6. The van der Waals surface area contributed by atoms with Gasteiger partial charge in [-0.25, -0.2) is 0 Å². The molecular weight excluding hydrogens is 240 g/mol. The number of benzene rings is 2. The van der Waals surface area contributed by atoms with Gasteiger partial charge in [-0.2, -0.15) is 0 Å². The molecule has 0 bridgehead atoms. The van der Waals surface area contributed by atoms with Gasteiger partial charge in [0, 0.05) is 18.3 Å². The summed E-state index contributed by atoms with van der Waals surface area (Å²) in [4.78, 5) is 14.6. The molecule has 0 aliphatic heterocycles. The fraction of sp³-hybridized carbons (Fsp3) is 0.133. The van der Waals surface area contributed by atoms with Gasteiger partial charge in [0.1, 0.15) is 0 Å². The minimum atomic E-state index is -0.402. The topological polar surface area (TPSA) is 55.5 Å². The van der Waals surface area contributed by atoms with Gasteiger partial charge in [-0.15, -0.1) is 0 Å². The van der Waals surface area contributed by atoms with Crippen molar-refractivity contribution in [3.63, 3.8) is 0 Å². The zero-order valence-corrected chi connectivity index (χ0v) is 10.8. The summed E-state index contributed by atoms with van der Waals surface area (Å²) in [6.07, 6.45) is 1.77. The van der Waals surface area contributed by atoms with Crippen LogP contribution in [0.25, 0.3) is 0 Å². The number of hydrogen-bond acceptors (Lipinski definition) is 3. The van der Waals surface area contributed by atoms with Gasteiger partial charge < -0.3 is 0 Å². The van der Waals surface area contributed by atoms with Gasteiger partial charge in [0.15, 0.2) is 0 Å². The van der Waals surface area contributed by atoms with Gasteiger partial charge in [0.2, 0.25) is 0 Å². The van der Waals surface area contributed by atoms with Crippen LogP contribution in [0.3, 0.4) is 0 Å². The molecule has 0 saturated carbocycles. The van der Waals surface area contributed by atoms with Crippen molar-refractivity contribution in [1.82, 2.24) is 0 Å². The van der Waals surface area contributed by atoms with Crippen molar-refractivity contribution in [1.29, 1.82) is 0 Å². The number of hydrogen-bond donors (Lipinski definition) is 0. The van der Waals surface area contributed by atoms with E-state index in [1.807, 2.05) is 38.1 Å². The van der Waals surface area contributed by atoms with E-state index in [4.69, 9.17) is 0 Å². The van der Waals surface area contributed by atoms with E-state index < -0.39 is 4.92 Å². The molecule has 0 N–H and O–H groups in total. The fourth-order valence-corrected chi connectivity index (χ4v) is 1.79. The number of non-ortho nitro benzene ring substituents is 1. The van der Waals surface area contributed by atoms with E-state index in [0.717, 1.165) is 16.8 Å². The molecule has 0 amide bonds. The number of nitro groups is 1. The molecule has 2 aromatic rings. The molecule has 0 fully saturated rings. The molecule has 19 heavy (non-hydrogen) atoms. The van der Waals surface area contributed by atoms with Crippen molar-refractivity contribution in [2.45, 2.75) is 13.8 Å². The maximum atomic E-state index is 10.6. The van der Waals surface area contributed by atoms with Crippen LogP contribution in [-0.2, 0) is 0 Å². The Kier molecular flexibility index (Phi) is 3.71. The Hall–Kier alpha value is -2.49. The number of aryl methyl sites for hydroxylation is 2. The predicted molar refractivity (Wildman–Crippen MR) is 76.3 cm³/mol. The second-order valence-corrected chi connectivity index (χ2v) is 4.40. The summed E-state index contributed by atoms with van der Waals surface area (Å²) in [5, 5.41) is 10.6. The molecule has 0 aliphatic rings. The molecule has 0 aromatic heterocycles. The highest BCUT2D eigenvalue weighted by Crippen LogP contribution is 2.23. The van der Waals surface area contributed by atoms with Crippen molar-refractivity contribution in [3.05, 3.63) is 69.3 Å². The van der Waals surface area contributed by atoms with Crippen LogP contribution in [0.4, 0.5) is 11.4 Å². The third-order valence-electron chi connectivity index (χ3n) is 2.79. The number of aliphatic imine (C=N–C) groups is 1. The SMILES string of the molecule is Cc1cccc(C=Nc2ccc([N+](=O)[O-])cc2C)c1. The van der Waals surface area contributed by atoms with Crippen LogP contribution in [0.2, 0.25) is 0 Å². The second-order valence-electron chi connectivity index (χ2n) is 4.40. The minimum absolute atomic E-state index is 0.0898. The number of nitrogens with zero attached hydrogens (tertiary/aromatic N) is 2. The van der Waals surface area contributed by atoms with E-state index >= 15 is 0 Å². The third kappa shape index (κ3) is 3.25. The molecule has 2 rings (SSSR count). The maximum Gasteiger partial charge on any atom is 0.269 e. The van der Waals surface area contributed by atoms with Gasteiger partial charge in [0.05, 0.1) is 10.6 Å². The monoisotopic (exact) mass is 254 g/mol. The molecule has 0 aliphatic carbocycles. The second kappa shape index (κ2) is 5.44. The predicted octanol–water partition coefficient (Wildman–Crippen LogP) is 3.96. The molecule has 4 nitrogen and oxygen atoms in total. The van der Waals surface area contributed by atoms with Gasteiger partial charge in [0.25, 0.3) is 5.69 Å². The fourth-order valence-electron chi connectivity index (χ4n) is 1.79. The molecule has 96 valence electrons. The lowest BCUT2D eigenvalue weighted by Crippen LogP contribution is -1.88. The first-order valence-corrected chi connectivity index (χ1v) is 5.92. The van der Waals surface area contributed by atoms with Gasteiger partial charge in [-0.3, -0.25) is 15.1 Å². The average molecular weight is 254 g/mol. The normalized spacial score (nSPS) is 10.8. The van der Waals surface area contributed by atoms with Crippen LogP contribution in [0, 0.1) is 24.0 Å². The van der Waals surface area contributed by atoms with E-state index in [-0.39, 0.29) is 5.69 Å². The molecule has 2 aromatic carbocycles. The highest BCUT2D eigenvalue weighted by Gasteiger charge is 2.06. The van der Waals surface area contributed by atoms with Crippen LogP contribution in [0.5, 0.6) is 0 Å². The van der Waals surface area contributed by atoms with Gasteiger partial charge >= 0.3 is 0 Å². The zero-order valence-electron chi connectivity index (χ0n) is 10.8. The standard InChI is InChI=1S/C15H14N2O2/c1-11-4-3-5-13(8-11)10-16-15-7-6-14(17(18)19)9-12(15)2/h3-10H,1-2H3. The Morgan fingerprint density at radius 1 is 1.16 bits per heavy atom. The van der Waals surface area contributed by atoms with E-state index in [1.165, 1.54) is 17.7 Å². The first-order chi connectivity index (χ1) is 9.06. The lowest BCUT2D eigenvalue weighted by molar-refractivity contribution is -0.384. The van der Waals surface area contributed by atoms with Crippen molar-refractivity contribution in [3.8, 4) is 0 Å². The number of nitro benzene ring substituents is 1. The quantitative estimate of drug-likeness (QED) is 0.473. The van der Waals surface area contributed by atoms with Crippen LogP contribution < -0.4 is 0 Å². The van der Waals surface area contributed by atoms with Crippen LogP contribution in [0.15, 0.2) is 47.5 Å². The first kappa shape index (κ1) is 13.0. The van der Waals surface area contributed by atoms with Gasteiger partial charge in [-0.05, 0) is 31.0 Å². The van der Waals surface area contributed by atoms with Gasteiger partial charge in [-0.1, -0.05) is 29.8 Å². The van der Waals surface area contributed by atoms with Crippen molar-refractivity contribution in [2.75, 3.05) is 0 Å². The zero-order chi connectivity index (χ0) is 13.8. The Morgan fingerprint density at radius 3 is 2.58 bits per heavy atom. The third-order valence-corrected chi connectivity index (χ3v) is 2.79. The summed E-state index contributed by atoms with van der Waals surface area (Å²) in [5.74, 6) is 0. The Labute approximate surface area is 111 Å². The number of rotatable bonds is 3. The van der Waals surface area contributed by atoms with Crippen molar-refractivity contribution >= 4 is 17.6 Å². The summed E-state index contributed by atoms with van der Waals surface area (Å²) in [6, 6.07) is 12.7. The molecule has 0 saturated heterocycles. The first-order valence-electron chi connectivity index (χ1n) is 5.92. The highest BCUT2D eigenvalue weighted by atomic mass is 16.6. The summed E-state index contributed by atoms with van der Waals surface area (Å²) >= 11 is 0. The Bertz CT molecular complexity index is 648. The Morgan fingerprint density at radius 2 is 1.95 bits per heavy atom. The van der Waals surface area contributed by atoms with Crippen LogP contribution >= 0.6 is 0 Å².